The van der Waals surface area contributed by atoms with Crippen molar-refractivity contribution in [2.24, 2.45) is 0 Å². The van der Waals surface area contributed by atoms with E-state index in [1.54, 1.807) is 35.1 Å². The highest BCUT2D eigenvalue weighted by Gasteiger charge is 2.33. The molecule has 2 aliphatic rings. The lowest BCUT2D eigenvalue weighted by molar-refractivity contribution is -0.122. The summed E-state index contributed by atoms with van der Waals surface area (Å²) in [5, 5.41) is 0. The maximum Gasteiger partial charge on any atom is 0.267 e. The molecule has 0 aromatic carbocycles. The predicted molar refractivity (Wildman–Crippen MR) is 125 cm³/mol. The lowest BCUT2D eigenvalue weighted by atomic mass is 10.2. The van der Waals surface area contributed by atoms with E-state index in [4.69, 9.17) is 21.6 Å². The van der Waals surface area contributed by atoms with Crippen LogP contribution in [-0.4, -0.2) is 37.6 Å². The summed E-state index contributed by atoms with van der Waals surface area (Å²) < 4.78 is 7.35. The second-order valence-electron chi connectivity index (χ2n) is 7.63. The third-order valence-electron chi connectivity index (χ3n) is 5.43. The van der Waals surface area contributed by atoms with E-state index in [2.05, 4.69) is 4.90 Å². The summed E-state index contributed by atoms with van der Waals surface area (Å²) >= 11 is 6.63. The molecule has 0 radical (unpaired) electrons. The number of nitrogens with zero attached hydrogens (tertiary/aromatic N) is 4. The van der Waals surface area contributed by atoms with Gasteiger partial charge < -0.3 is 9.32 Å². The Bertz CT molecular complexity index is 1270. The van der Waals surface area contributed by atoms with E-state index in [0.717, 1.165) is 31.5 Å². The molecule has 5 rings (SSSR count). The predicted octanol–water partition coefficient (Wildman–Crippen LogP) is 3.60. The van der Waals surface area contributed by atoms with Crippen LogP contribution in [0.2, 0.25) is 0 Å². The summed E-state index contributed by atoms with van der Waals surface area (Å²) in [5.41, 5.74) is 1.79. The first-order valence-electron chi connectivity index (χ1n) is 10.1. The molecule has 0 N–H and O–H groups in total. The van der Waals surface area contributed by atoms with Crippen molar-refractivity contribution in [3.63, 3.8) is 0 Å². The summed E-state index contributed by atoms with van der Waals surface area (Å²) in [5.74, 6) is 1.05. The first kappa shape index (κ1) is 20.0. The molecule has 0 spiro atoms. The lowest BCUT2D eigenvalue weighted by Crippen LogP contribution is -2.28. The minimum absolute atomic E-state index is 0.188. The maximum absolute atomic E-state index is 13.4. The Labute approximate surface area is 188 Å². The summed E-state index contributed by atoms with van der Waals surface area (Å²) in [6, 6.07) is 7.36. The number of hydrogen-bond donors (Lipinski definition) is 0. The molecule has 0 unspecified atom stereocenters. The molecule has 2 saturated heterocycles. The second kappa shape index (κ2) is 7.97. The van der Waals surface area contributed by atoms with Crippen LogP contribution in [0.25, 0.3) is 11.7 Å². The monoisotopic (exact) mass is 452 g/mol. The smallest absolute Gasteiger partial charge is 0.267 e. The number of hydrogen-bond acceptors (Lipinski definition) is 7. The summed E-state index contributed by atoms with van der Waals surface area (Å²) in [6.07, 6.45) is 7.10. The van der Waals surface area contributed by atoms with Gasteiger partial charge >= 0.3 is 0 Å². The number of fused-ring (bicyclic) bond motifs is 1. The molecule has 31 heavy (non-hydrogen) atoms. The molecular formula is C22H20N4O3S2. The molecule has 1 amide bonds. The van der Waals surface area contributed by atoms with Crippen LogP contribution in [0.1, 0.15) is 29.7 Å². The number of aryl methyl sites for hydroxylation is 1. The number of pyridine rings is 1. The Morgan fingerprint density at radius 2 is 2.03 bits per heavy atom. The van der Waals surface area contributed by atoms with Gasteiger partial charge in [0.15, 0.2) is 0 Å². The Morgan fingerprint density at radius 1 is 1.23 bits per heavy atom. The normalized spacial score (nSPS) is 18.2. The average Bonchev–Trinajstić information content (AvgIpc) is 3.51. The van der Waals surface area contributed by atoms with Gasteiger partial charge in [0.05, 0.1) is 23.3 Å². The fraction of sp³-hybridized carbons (Fsp3) is 0.273. The molecule has 7 nitrogen and oxygen atoms in total. The van der Waals surface area contributed by atoms with Crippen LogP contribution in [0.15, 0.2) is 50.8 Å². The van der Waals surface area contributed by atoms with Crippen molar-refractivity contribution in [2.75, 3.05) is 18.0 Å². The third kappa shape index (κ3) is 3.68. The Hall–Kier alpha value is -2.91. The van der Waals surface area contributed by atoms with Crippen LogP contribution >= 0.6 is 24.0 Å². The van der Waals surface area contributed by atoms with Crippen molar-refractivity contribution in [3.05, 3.63) is 68.9 Å². The SMILES string of the molecule is Cc1ccc2nc(N3CCCC3)c(/C=C3/SC(=S)N(Cc4ccco4)C3=O)c(=O)n2c1. The molecular weight excluding hydrogens is 432 g/mol. The molecule has 2 fully saturated rings. The average molecular weight is 453 g/mol. The van der Waals surface area contributed by atoms with Gasteiger partial charge in [0.1, 0.15) is 21.5 Å². The fourth-order valence-corrected chi connectivity index (χ4v) is 5.11. The molecule has 2 aliphatic heterocycles. The van der Waals surface area contributed by atoms with Crippen LogP contribution < -0.4 is 10.5 Å². The van der Waals surface area contributed by atoms with Crippen LogP contribution in [0.5, 0.6) is 0 Å². The number of thiocarbonyl (C=S) groups is 1. The molecule has 3 aromatic rings. The number of carbonyl (C=O) groups excluding carboxylic acids is 1. The first-order chi connectivity index (χ1) is 15.0. The fourth-order valence-electron chi connectivity index (χ4n) is 3.87. The van der Waals surface area contributed by atoms with E-state index >= 15 is 0 Å². The Kier molecular flexibility index (Phi) is 5.15. The van der Waals surface area contributed by atoms with Crippen molar-refractivity contribution >= 4 is 51.7 Å². The van der Waals surface area contributed by atoms with Crippen LogP contribution in [-0.2, 0) is 11.3 Å². The molecule has 5 heterocycles. The first-order valence-corrected chi connectivity index (χ1v) is 11.3. The second-order valence-corrected chi connectivity index (χ2v) is 9.31. The van der Waals surface area contributed by atoms with Crippen molar-refractivity contribution in [1.29, 1.82) is 0 Å². The maximum atomic E-state index is 13.4. The van der Waals surface area contributed by atoms with Crippen LogP contribution in [0.4, 0.5) is 5.82 Å². The van der Waals surface area contributed by atoms with Gasteiger partial charge in [0, 0.05) is 19.3 Å². The zero-order valence-electron chi connectivity index (χ0n) is 16.9. The van der Waals surface area contributed by atoms with Crippen molar-refractivity contribution in [1.82, 2.24) is 14.3 Å². The van der Waals surface area contributed by atoms with E-state index in [-0.39, 0.29) is 18.0 Å². The highest BCUT2D eigenvalue weighted by atomic mass is 32.2. The zero-order valence-corrected chi connectivity index (χ0v) is 18.5. The van der Waals surface area contributed by atoms with E-state index in [1.807, 2.05) is 19.1 Å². The van der Waals surface area contributed by atoms with Gasteiger partial charge in [0.25, 0.3) is 11.5 Å². The van der Waals surface area contributed by atoms with E-state index in [1.165, 1.54) is 16.7 Å². The Balaban J connectivity index is 1.60. The van der Waals surface area contributed by atoms with Gasteiger partial charge in [-0.05, 0) is 49.6 Å². The topological polar surface area (TPSA) is 71.1 Å². The standard InChI is InChI=1S/C22H20N4O3S2/c1-14-6-7-18-23-19(24-8-2-3-9-24)16(20(27)25(18)12-14)11-17-21(28)26(22(30)31-17)13-15-5-4-10-29-15/h4-7,10-12H,2-3,8-9,13H2,1H3/b17-11+. The van der Waals surface area contributed by atoms with E-state index < -0.39 is 0 Å². The van der Waals surface area contributed by atoms with Crippen molar-refractivity contribution in [3.8, 4) is 0 Å². The number of anilines is 1. The number of thioether (sulfide) groups is 1. The molecule has 9 heteroatoms. The molecule has 0 bridgehead atoms. The molecule has 0 saturated carbocycles. The molecule has 0 atom stereocenters. The number of amides is 1. The van der Waals surface area contributed by atoms with Gasteiger partial charge in [-0.3, -0.25) is 18.9 Å². The minimum atomic E-state index is -0.229. The number of furan rings is 1. The highest BCUT2D eigenvalue weighted by Crippen LogP contribution is 2.35. The summed E-state index contributed by atoms with van der Waals surface area (Å²) in [6.45, 7) is 3.88. The van der Waals surface area contributed by atoms with E-state index in [9.17, 15) is 9.59 Å². The van der Waals surface area contributed by atoms with Gasteiger partial charge in [0.2, 0.25) is 0 Å². The van der Waals surface area contributed by atoms with Gasteiger partial charge in [-0.2, -0.15) is 0 Å². The van der Waals surface area contributed by atoms with Crippen molar-refractivity contribution in [2.45, 2.75) is 26.3 Å². The number of rotatable bonds is 4. The van der Waals surface area contributed by atoms with E-state index in [0.29, 0.717) is 32.0 Å². The number of carbonyl (C=O) groups is 1. The molecule has 0 aliphatic carbocycles. The molecule has 158 valence electrons. The van der Waals surface area contributed by atoms with Gasteiger partial charge in [-0.25, -0.2) is 4.98 Å². The van der Waals surface area contributed by atoms with Crippen molar-refractivity contribution < 1.29 is 9.21 Å². The summed E-state index contributed by atoms with van der Waals surface area (Å²) in [7, 11) is 0. The molecule has 3 aromatic heterocycles. The highest BCUT2D eigenvalue weighted by molar-refractivity contribution is 8.26. The largest absolute Gasteiger partial charge is 0.467 e. The zero-order chi connectivity index (χ0) is 21.5. The quantitative estimate of drug-likeness (QED) is 0.442. The minimum Gasteiger partial charge on any atom is -0.467 e. The van der Waals surface area contributed by atoms with Gasteiger partial charge in [-0.15, -0.1) is 0 Å². The Morgan fingerprint density at radius 3 is 2.77 bits per heavy atom. The lowest BCUT2D eigenvalue weighted by Gasteiger charge is -2.19. The van der Waals surface area contributed by atoms with Crippen LogP contribution in [0.3, 0.4) is 0 Å². The number of aromatic nitrogens is 2. The third-order valence-corrected chi connectivity index (χ3v) is 6.81. The summed E-state index contributed by atoms with van der Waals surface area (Å²) in [4.78, 5) is 35.3. The van der Waals surface area contributed by atoms with Gasteiger partial charge in [-0.1, -0.05) is 30.0 Å². The van der Waals surface area contributed by atoms with Crippen LogP contribution in [0, 0.1) is 6.92 Å².